The van der Waals surface area contributed by atoms with Gasteiger partial charge in [0.25, 0.3) is 5.56 Å². The quantitative estimate of drug-likeness (QED) is 0.471. The van der Waals surface area contributed by atoms with E-state index in [1.165, 1.54) is 28.8 Å². The molecular weight excluding hydrogens is 436 g/mol. The molecule has 9 nitrogen and oxygen atoms in total. The fourth-order valence-electron chi connectivity index (χ4n) is 3.46. The Kier molecular flexibility index (Phi) is 7.96. The van der Waals surface area contributed by atoms with Crippen LogP contribution in [0.4, 0.5) is 14.5 Å². The van der Waals surface area contributed by atoms with E-state index in [1.54, 1.807) is 10.9 Å². The number of carbonyl (C=O) groups is 1. The number of imidazole rings is 1. The maximum absolute atomic E-state index is 13.2. The first-order valence-electron chi connectivity index (χ1n) is 10.9. The zero-order chi connectivity index (χ0) is 24.0. The predicted molar refractivity (Wildman–Crippen MR) is 120 cm³/mol. The number of amides is 1. The van der Waals surface area contributed by atoms with Crippen LogP contribution in [0.1, 0.15) is 39.5 Å². The Balaban J connectivity index is 1.91. The summed E-state index contributed by atoms with van der Waals surface area (Å²) in [4.78, 5) is 43.2. The average Bonchev–Trinajstić information content (AvgIpc) is 3.20. The Bertz CT molecular complexity index is 1210. The van der Waals surface area contributed by atoms with Gasteiger partial charge in [0, 0.05) is 18.8 Å². The van der Waals surface area contributed by atoms with Gasteiger partial charge in [0.1, 0.15) is 12.3 Å². The van der Waals surface area contributed by atoms with E-state index in [0.29, 0.717) is 36.4 Å². The monoisotopic (exact) mass is 463 g/mol. The Labute approximate surface area is 188 Å². The van der Waals surface area contributed by atoms with E-state index in [9.17, 15) is 23.2 Å². The minimum absolute atomic E-state index is 0.0520. The van der Waals surface area contributed by atoms with Crippen LogP contribution in [-0.4, -0.2) is 31.2 Å². The molecule has 33 heavy (non-hydrogen) atoms. The van der Waals surface area contributed by atoms with E-state index in [0.717, 1.165) is 23.8 Å². The van der Waals surface area contributed by atoms with E-state index in [-0.39, 0.29) is 5.75 Å². The third-order valence-corrected chi connectivity index (χ3v) is 5.14. The summed E-state index contributed by atoms with van der Waals surface area (Å²) in [7, 11) is 0. The molecule has 0 fully saturated rings. The van der Waals surface area contributed by atoms with Gasteiger partial charge in [0.05, 0.1) is 6.33 Å². The number of benzene rings is 1. The van der Waals surface area contributed by atoms with Gasteiger partial charge in [-0.05, 0) is 37.1 Å². The molecule has 2 heterocycles. The van der Waals surface area contributed by atoms with Gasteiger partial charge in [-0.2, -0.15) is 8.78 Å². The van der Waals surface area contributed by atoms with Gasteiger partial charge in [-0.25, -0.2) is 14.3 Å². The van der Waals surface area contributed by atoms with Crippen molar-refractivity contribution >= 4 is 22.8 Å². The molecule has 2 aromatic heterocycles. The number of fused-ring (bicyclic) bond motifs is 1. The average molecular weight is 463 g/mol. The van der Waals surface area contributed by atoms with Crippen molar-refractivity contribution < 1.29 is 18.3 Å². The lowest BCUT2D eigenvalue weighted by atomic mass is 10.3. The number of alkyl halides is 2. The Hall–Kier alpha value is -3.50. The maximum atomic E-state index is 13.2. The van der Waals surface area contributed by atoms with Gasteiger partial charge in [-0.3, -0.25) is 14.2 Å². The summed E-state index contributed by atoms with van der Waals surface area (Å²) < 4.78 is 32.9. The Morgan fingerprint density at radius 1 is 1.06 bits per heavy atom. The molecule has 0 atom stereocenters. The highest BCUT2D eigenvalue weighted by atomic mass is 19.3. The van der Waals surface area contributed by atoms with E-state index in [1.807, 2.05) is 13.8 Å². The summed E-state index contributed by atoms with van der Waals surface area (Å²) in [6, 6.07) is 5.34. The summed E-state index contributed by atoms with van der Waals surface area (Å²) in [5, 5.41) is 2.57. The van der Waals surface area contributed by atoms with Crippen molar-refractivity contribution in [3.05, 3.63) is 51.4 Å². The highest BCUT2D eigenvalue weighted by Crippen LogP contribution is 2.17. The molecule has 178 valence electrons. The topological polar surface area (TPSA) is 100 Å². The number of hydrogen-bond acceptors (Lipinski definition) is 5. The Morgan fingerprint density at radius 2 is 1.73 bits per heavy atom. The van der Waals surface area contributed by atoms with Crippen LogP contribution in [0.3, 0.4) is 0 Å². The van der Waals surface area contributed by atoms with Crippen molar-refractivity contribution in [2.24, 2.45) is 0 Å². The molecule has 0 saturated carbocycles. The molecule has 0 aliphatic heterocycles. The fraction of sp³-hybridized carbons (Fsp3) is 0.455. The molecule has 3 rings (SSSR count). The zero-order valence-electron chi connectivity index (χ0n) is 18.6. The van der Waals surface area contributed by atoms with Crippen molar-refractivity contribution in [2.75, 3.05) is 5.32 Å². The van der Waals surface area contributed by atoms with E-state index in [2.05, 4.69) is 15.0 Å². The molecule has 0 aliphatic carbocycles. The summed E-state index contributed by atoms with van der Waals surface area (Å²) in [6.07, 6.45) is 4.87. The van der Waals surface area contributed by atoms with Crippen molar-refractivity contribution in [1.82, 2.24) is 18.7 Å². The molecule has 0 radical (unpaired) electrons. The maximum Gasteiger partial charge on any atom is 0.387 e. The summed E-state index contributed by atoms with van der Waals surface area (Å²) in [5.41, 5.74) is -0.249. The number of aryl methyl sites for hydroxylation is 2. The van der Waals surface area contributed by atoms with Crippen molar-refractivity contribution in [3.8, 4) is 5.75 Å². The first-order chi connectivity index (χ1) is 15.8. The van der Waals surface area contributed by atoms with Crippen molar-refractivity contribution in [3.63, 3.8) is 0 Å². The Morgan fingerprint density at radius 3 is 2.36 bits per heavy atom. The molecule has 0 unspecified atom stereocenters. The predicted octanol–water partition coefficient (Wildman–Crippen LogP) is 3.20. The van der Waals surface area contributed by atoms with Crippen LogP contribution in [0, 0.1) is 0 Å². The van der Waals surface area contributed by atoms with Crippen LogP contribution in [0.15, 0.2) is 40.2 Å². The van der Waals surface area contributed by atoms with Crippen LogP contribution >= 0.6 is 0 Å². The third-order valence-electron chi connectivity index (χ3n) is 5.14. The number of nitrogens with one attached hydrogen (secondary N) is 1. The number of halogens is 2. The van der Waals surface area contributed by atoms with Gasteiger partial charge in [-0.15, -0.1) is 0 Å². The van der Waals surface area contributed by atoms with E-state index in [4.69, 9.17) is 0 Å². The molecule has 3 aromatic rings. The second kappa shape index (κ2) is 10.9. The molecule has 0 saturated heterocycles. The van der Waals surface area contributed by atoms with E-state index >= 15 is 0 Å². The van der Waals surface area contributed by atoms with Crippen molar-refractivity contribution in [2.45, 2.75) is 65.8 Å². The number of anilines is 1. The van der Waals surface area contributed by atoms with Crippen LogP contribution in [0.25, 0.3) is 11.2 Å². The lowest BCUT2D eigenvalue weighted by Gasteiger charge is -2.13. The molecule has 0 bridgehead atoms. The number of unbranched alkanes of at least 4 members (excludes halogenated alkanes) is 2. The lowest BCUT2D eigenvalue weighted by molar-refractivity contribution is -0.116. The molecule has 1 aromatic carbocycles. The van der Waals surface area contributed by atoms with Gasteiger partial charge >= 0.3 is 12.3 Å². The highest BCUT2D eigenvalue weighted by molar-refractivity contribution is 5.90. The second-order valence-electron chi connectivity index (χ2n) is 7.59. The van der Waals surface area contributed by atoms with Gasteiger partial charge in [-0.1, -0.05) is 26.7 Å². The molecule has 1 amide bonds. The first-order valence-corrected chi connectivity index (χ1v) is 10.9. The normalized spacial score (nSPS) is 11.3. The second-order valence-corrected chi connectivity index (χ2v) is 7.59. The number of nitrogens with zero attached hydrogens (tertiary/aromatic N) is 4. The van der Waals surface area contributed by atoms with Crippen LogP contribution in [0.5, 0.6) is 5.75 Å². The van der Waals surface area contributed by atoms with Gasteiger partial charge in [0.15, 0.2) is 11.2 Å². The standard InChI is InChI=1S/C22H27F2N5O4/c1-3-5-11-27-14-25-19-18(27)20(31)29(22(32)28(19)12-6-4-2)13-17(30)26-15-7-9-16(10-8-15)33-21(23)24/h7-10,14,21H,3-6,11-13H2,1-2H3,(H,26,30). The molecule has 0 spiro atoms. The van der Waals surface area contributed by atoms with E-state index < -0.39 is 30.3 Å². The summed E-state index contributed by atoms with van der Waals surface area (Å²) >= 11 is 0. The van der Waals surface area contributed by atoms with Gasteiger partial charge in [0.2, 0.25) is 5.91 Å². The minimum atomic E-state index is -2.95. The lowest BCUT2D eigenvalue weighted by Crippen LogP contribution is -2.43. The highest BCUT2D eigenvalue weighted by Gasteiger charge is 2.19. The molecule has 11 heteroatoms. The van der Waals surface area contributed by atoms with Crippen LogP contribution < -0.4 is 21.3 Å². The fourth-order valence-corrected chi connectivity index (χ4v) is 3.46. The van der Waals surface area contributed by atoms with Crippen LogP contribution in [0.2, 0.25) is 0 Å². The third kappa shape index (κ3) is 5.65. The number of rotatable bonds is 11. The van der Waals surface area contributed by atoms with Crippen molar-refractivity contribution in [1.29, 1.82) is 0 Å². The number of ether oxygens (including phenoxy) is 1. The van der Waals surface area contributed by atoms with Crippen LogP contribution in [-0.2, 0) is 24.4 Å². The zero-order valence-corrected chi connectivity index (χ0v) is 18.6. The number of aromatic nitrogens is 4. The minimum Gasteiger partial charge on any atom is -0.435 e. The van der Waals surface area contributed by atoms with Gasteiger partial charge < -0.3 is 14.6 Å². The summed E-state index contributed by atoms with van der Waals surface area (Å²) in [6.45, 7) is 1.53. The largest absolute Gasteiger partial charge is 0.435 e. The molecule has 1 N–H and O–H groups in total. The number of carbonyl (C=O) groups excluding carboxylic acids is 1. The SMILES string of the molecule is CCCCn1cnc2c1c(=O)n(CC(=O)Nc1ccc(OC(F)F)cc1)c(=O)n2CCCC. The number of hydrogen-bond donors (Lipinski definition) is 1. The molecular formula is C22H27F2N5O4. The summed E-state index contributed by atoms with van der Waals surface area (Å²) in [5.74, 6) is -0.651. The first kappa shape index (κ1) is 24.1. The smallest absolute Gasteiger partial charge is 0.387 e. The molecule has 0 aliphatic rings.